The predicted octanol–water partition coefficient (Wildman–Crippen LogP) is 4.90. The van der Waals surface area contributed by atoms with Gasteiger partial charge in [-0.1, -0.05) is 28.1 Å². The second-order valence-corrected chi connectivity index (χ2v) is 5.49. The molecule has 0 saturated heterocycles. The molecule has 0 aliphatic heterocycles. The van der Waals surface area contributed by atoms with Crippen LogP contribution in [0.1, 0.15) is 16.7 Å². The van der Waals surface area contributed by atoms with E-state index < -0.39 is 11.7 Å². The summed E-state index contributed by atoms with van der Waals surface area (Å²) >= 11 is 3.20. The standard InChI is InChI=1S/C15H12BrF4N/c16-13-5-11(6-14(17)7-13)9-21-8-10-1-3-12(4-2-10)15(18,19)20/h1-7,21H,8-9H2. The smallest absolute Gasteiger partial charge is 0.309 e. The summed E-state index contributed by atoms with van der Waals surface area (Å²) in [6.45, 7) is 0.837. The van der Waals surface area contributed by atoms with E-state index in [1.54, 1.807) is 6.07 Å². The Morgan fingerprint density at radius 1 is 0.905 bits per heavy atom. The Labute approximate surface area is 128 Å². The molecule has 2 aromatic carbocycles. The lowest BCUT2D eigenvalue weighted by atomic mass is 10.1. The molecule has 21 heavy (non-hydrogen) atoms. The quantitative estimate of drug-likeness (QED) is 0.764. The van der Waals surface area contributed by atoms with Gasteiger partial charge < -0.3 is 5.32 Å². The molecule has 0 aliphatic carbocycles. The van der Waals surface area contributed by atoms with Gasteiger partial charge in [-0.2, -0.15) is 13.2 Å². The molecule has 2 aromatic rings. The van der Waals surface area contributed by atoms with Crippen LogP contribution >= 0.6 is 15.9 Å². The Morgan fingerprint density at radius 2 is 1.52 bits per heavy atom. The molecule has 0 unspecified atom stereocenters. The molecule has 0 aliphatic rings. The first-order chi connectivity index (χ1) is 9.84. The summed E-state index contributed by atoms with van der Waals surface area (Å²) in [5.41, 5.74) is 0.826. The SMILES string of the molecule is Fc1cc(Br)cc(CNCc2ccc(C(F)(F)F)cc2)c1. The van der Waals surface area contributed by atoms with Gasteiger partial charge in [0.05, 0.1) is 5.56 Å². The maximum absolute atomic E-state index is 13.2. The number of rotatable bonds is 4. The molecule has 0 atom stereocenters. The van der Waals surface area contributed by atoms with Gasteiger partial charge in [-0.25, -0.2) is 4.39 Å². The van der Waals surface area contributed by atoms with Crippen molar-refractivity contribution in [2.75, 3.05) is 0 Å². The van der Waals surface area contributed by atoms with Crippen LogP contribution in [0.2, 0.25) is 0 Å². The van der Waals surface area contributed by atoms with E-state index in [0.29, 0.717) is 17.6 Å². The Morgan fingerprint density at radius 3 is 2.10 bits per heavy atom. The molecule has 0 spiro atoms. The molecule has 1 N–H and O–H groups in total. The second-order valence-electron chi connectivity index (χ2n) is 4.58. The van der Waals surface area contributed by atoms with Crippen molar-refractivity contribution in [2.45, 2.75) is 19.3 Å². The van der Waals surface area contributed by atoms with Crippen LogP contribution in [0.4, 0.5) is 17.6 Å². The average molecular weight is 362 g/mol. The normalized spacial score (nSPS) is 11.7. The van der Waals surface area contributed by atoms with Crippen LogP contribution in [-0.2, 0) is 19.3 Å². The van der Waals surface area contributed by atoms with E-state index >= 15 is 0 Å². The second kappa shape index (κ2) is 6.58. The van der Waals surface area contributed by atoms with Crippen LogP contribution in [0.5, 0.6) is 0 Å². The molecule has 6 heteroatoms. The largest absolute Gasteiger partial charge is 0.416 e. The summed E-state index contributed by atoms with van der Waals surface area (Å²) in [7, 11) is 0. The highest BCUT2D eigenvalue weighted by atomic mass is 79.9. The van der Waals surface area contributed by atoms with Crippen LogP contribution in [-0.4, -0.2) is 0 Å². The van der Waals surface area contributed by atoms with E-state index in [0.717, 1.165) is 23.3 Å². The lowest BCUT2D eigenvalue weighted by molar-refractivity contribution is -0.137. The van der Waals surface area contributed by atoms with E-state index in [9.17, 15) is 17.6 Å². The van der Waals surface area contributed by atoms with Crippen LogP contribution in [0.3, 0.4) is 0 Å². The van der Waals surface area contributed by atoms with Gasteiger partial charge in [0.2, 0.25) is 0 Å². The number of halogens is 5. The molecule has 0 fully saturated rings. The third-order valence-corrected chi connectivity index (χ3v) is 3.32. The van der Waals surface area contributed by atoms with E-state index in [-0.39, 0.29) is 5.82 Å². The number of hydrogen-bond donors (Lipinski definition) is 1. The summed E-state index contributed by atoms with van der Waals surface area (Å²) in [6.07, 6.45) is -4.32. The number of alkyl halides is 3. The van der Waals surface area contributed by atoms with Crippen LogP contribution in [0.25, 0.3) is 0 Å². The summed E-state index contributed by atoms with van der Waals surface area (Å²) in [5, 5.41) is 3.06. The van der Waals surface area contributed by atoms with Crippen LogP contribution in [0.15, 0.2) is 46.9 Å². The first-order valence-corrected chi connectivity index (χ1v) is 6.96. The van der Waals surface area contributed by atoms with Gasteiger partial charge in [-0.15, -0.1) is 0 Å². The third kappa shape index (κ3) is 4.82. The molecular weight excluding hydrogens is 350 g/mol. The third-order valence-electron chi connectivity index (χ3n) is 2.86. The Kier molecular flexibility index (Phi) is 5.00. The van der Waals surface area contributed by atoms with Crippen molar-refractivity contribution in [1.82, 2.24) is 5.32 Å². The fraction of sp³-hybridized carbons (Fsp3) is 0.200. The van der Waals surface area contributed by atoms with Crippen molar-refractivity contribution in [3.05, 3.63) is 69.4 Å². The number of benzene rings is 2. The van der Waals surface area contributed by atoms with Gasteiger partial charge in [0, 0.05) is 17.6 Å². The van der Waals surface area contributed by atoms with Crippen molar-refractivity contribution in [3.63, 3.8) is 0 Å². The minimum Gasteiger partial charge on any atom is -0.309 e. The molecule has 0 amide bonds. The number of nitrogens with one attached hydrogen (secondary N) is 1. The highest BCUT2D eigenvalue weighted by Gasteiger charge is 2.29. The fourth-order valence-corrected chi connectivity index (χ4v) is 2.39. The topological polar surface area (TPSA) is 12.0 Å². The van der Waals surface area contributed by atoms with Gasteiger partial charge in [0.1, 0.15) is 5.82 Å². The van der Waals surface area contributed by atoms with E-state index in [2.05, 4.69) is 21.2 Å². The summed E-state index contributed by atoms with van der Waals surface area (Å²) in [5.74, 6) is -0.337. The lowest BCUT2D eigenvalue weighted by Crippen LogP contribution is -2.13. The Balaban J connectivity index is 1.91. The van der Waals surface area contributed by atoms with Gasteiger partial charge in [-0.3, -0.25) is 0 Å². The Hall–Kier alpha value is -1.40. The first kappa shape index (κ1) is 16.0. The minimum atomic E-state index is -4.32. The van der Waals surface area contributed by atoms with Crippen molar-refractivity contribution in [1.29, 1.82) is 0 Å². The van der Waals surface area contributed by atoms with Gasteiger partial charge >= 0.3 is 6.18 Å². The van der Waals surface area contributed by atoms with Crippen molar-refractivity contribution in [3.8, 4) is 0 Å². The zero-order valence-corrected chi connectivity index (χ0v) is 12.4. The van der Waals surface area contributed by atoms with Crippen molar-refractivity contribution >= 4 is 15.9 Å². The average Bonchev–Trinajstić information content (AvgIpc) is 2.37. The van der Waals surface area contributed by atoms with Crippen molar-refractivity contribution in [2.24, 2.45) is 0 Å². The predicted molar refractivity (Wildman–Crippen MR) is 76.1 cm³/mol. The lowest BCUT2D eigenvalue weighted by Gasteiger charge is -2.09. The van der Waals surface area contributed by atoms with Crippen LogP contribution in [0, 0.1) is 5.82 Å². The van der Waals surface area contributed by atoms with Gasteiger partial charge in [-0.05, 0) is 41.5 Å². The maximum Gasteiger partial charge on any atom is 0.416 e. The molecule has 2 rings (SSSR count). The monoisotopic (exact) mass is 361 g/mol. The highest BCUT2D eigenvalue weighted by molar-refractivity contribution is 9.10. The molecule has 112 valence electrons. The zero-order chi connectivity index (χ0) is 15.5. The van der Waals surface area contributed by atoms with Gasteiger partial charge in [0.25, 0.3) is 0 Å². The molecule has 1 nitrogen and oxygen atoms in total. The molecule has 0 heterocycles. The summed E-state index contributed by atoms with van der Waals surface area (Å²) in [4.78, 5) is 0. The van der Waals surface area contributed by atoms with E-state index in [1.807, 2.05) is 0 Å². The highest BCUT2D eigenvalue weighted by Crippen LogP contribution is 2.29. The first-order valence-electron chi connectivity index (χ1n) is 6.16. The maximum atomic E-state index is 13.2. The molecular formula is C15H12BrF4N. The summed E-state index contributed by atoms with van der Waals surface area (Å²) in [6, 6.07) is 9.51. The van der Waals surface area contributed by atoms with E-state index in [1.165, 1.54) is 24.3 Å². The van der Waals surface area contributed by atoms with Gasteiger partial charge in [0.15, 0.2) is 0 Å². The molecule has 0 aromatic heterocycles. The number of hydrogen-bond acceptors (Lipinski definition) is 1. The molecule has 0 saturated carbocycles. The fourth-order valence-electron chi connectivity index (χ4n) is 1.88. The zero-order valence-electron chi connectivity index (χ0n) is 10.8. The van der Waals surface area contributed by atoms with E-state index in [4.69, 9.17) is 0 Å². The molecule has 0 bridgehead atoms. The minimum absolute atomic E-state index is 0.337. The van der Waals surface area contributed by atoms with Crippen LogP contribution < -0.4 is 5.32 Å². The Bertz CT molecular complexity index is 588. The molecule has 0 radical (unpaired) electrons. The van der Waals surface area contributed by atoms with Crippen molar-refractivity contribution < 1.29 is 17.6 Å². The summed E-state index contributed by atoms with van der Waals surface area (Å²) < 4.78 is 51.1.